The summed E-state index contributed by atoms with van der Waals surface area (Å²) in [4.78, 5) is 34.8. The van der Waals surface area contributed by atoms with Gasteiger partial charge in [0.2, 0.25) is 5.91 Å². The van der Waals surface area contributed by atoms with Gasteiger partial charge in [-0.05, 0) is 35.9 Å². The fourth-order valence-corrected chi connectivity index (χ4v) is 2.05. The van der Waals surface area contributed by atoms with Crippen LogP contribution in [0.15, 0.2) is 48.5 Å². The lowest BCUT2D eigenvalue weighted by molar-refractivity contribution is -0.139. The van der Waals surface area contributed by atoms with Crippen LogP contribution < -0.4 is 10.6 Å². The van der Waals surface area contributed by atoms with Gasteiger partial charge in [0.05, 0.1) is 13.5 Å². The van der Waals surface area contributed by atoms with Crippen molar-refractivity contribution in [2.24, 2.45) is 0 Å². The largest absolute Gasteiger partial charge is 0.468 e. The van der Waals surface area contributed by atoms with Crippen LogP contribution in [0.2, 0.25) is 0 Å². The molecule has 6 nitrogen and oxygen atoms in total. The van der Waals surface area contributed by atoms with Gasteiger partial charge in [0.15, 0.2) is 0 Å². The summed E-state index contributed by atoms with van der Waals surface area (Å²) in [6.07, 6.45) is -0.0892. The molecule has 2 aromatic carbocycles. The first-order valence-corrected chi connectivity index (χ1v) is 7.48. The van der Waals surface area contributed by atoms with Gasteiger partial charge in [-0.2, -0.15) is 0 Å². The van der Waals surface area contributed by atoms with E-state index in [4.69, 9.17) is 0 Å². The minimum atomic E-state index is -0.551. The monoisotopic (exact) mass is 344 g/mol. The highest BCUT2D eigenvalue weighted by atomic mass is 19.1. The van der Waals surface area contributed by atoms with Crippen molar-refractivity contribution in [2.45, 2.75) is 6.42 Å². The van der Waals surface area contributed by atoms with Crippen molar-refractivity contribution < 1.29 is 23.5 Å². The van der Waals surface area contributed by atoms with Crippen molar-refractivity contribution in [3.05, 3.63) is 65.5 Å². The van der Waals surface area contributed by atoms with Gasteiger partial charge in [-0.25, -0.2) is 4.39 Å². The predicted molar refractivity (Wildman–Crippen MR) is 89.5 cm³/mol. The van der Waals surface area contributed by atoms with Gasteiger partial charge in [0, 0.05) is 11.3 Å². The zero-order valence-electron chi connectivity index (χ0n) is 13.5. The van der Waals surface area contributed by atoms with Gasteiger partial charge < -0.3 is 15.4 Å². The van der Waals surface area contributed by atoms with E-state index >= 15 is 0 Å². The topological polar surface area (TPSA) is 84.5 Å². The summed E-state index contributed by atoms with van der Waals surface area (Å²) in [5, 5.41) is 5.04. The van der Waals surface area contributed by atoms with E-state index in [9.17, 15) is 18.8 Å². The molecule has 0 spiro atoms. The van der Waals surface area contributed by atoms with E-state index < -0.39 is 17.7 Å². The smallest absolute Gasteiger partial charge is 0.325 e. The van der Waals surface area contributed by atoms with E-state index in [1.54, 1.807) is 30.3 Å². The Labute approximate surface area is 144 Å². The van der Waals surface area contributed by atoms with Crippen molar-refractivity contribution in [3.63, 3.8) is 0 Å². The van der Waals surface area contributed by atoms with Gasteiger partial charge in [0.25, 0.3) is 5.91 Å². The zero-order chi connectivity index (χ0) is 18.2. The number of esters is 1. The molecule has 0 unspecified atom stereocenters. The summed E-state index contributed by atoms with van der Waals surface area (Å²) in [6, 6.07) is 12.2. The number of hydrogen-bond donors (Lipinski definition) is 2. The van der Waals surface area contributed by atoms with Crippen LogP contribution in [0, 0.1) is 5.82 Å². The maximum atomic E-state index is 13.5. The van der Waals surface area contributed by atoms with Gasteiger partial charge in [-0.15, -0.1) is 0 Å². The number of rotatable bonds is 6. The Morgan fingerprint density at radius 2 is 1.72 bits per heavy atom. The second-order valence-electron chi connectivity index (χ2n) is 5.15. The van der Waals surface area contributed by atoms with Crippen LogP contribution in [-0.2, 0) is 20.7 Å². The first kappa shape index (κ1) is 18.1. The second kappa shape index (κ2) is 8.58. The maximum Gasteiger partial charge on any atom is 0.325 e. The number of nitrogens with one attached hydrogen (secondary N) is 2. The molecule has 25 heavy (non-hydrogen) atoms. The van der Waals surface area contributed by atoms with E-state index in [0.29, 0.717) is 16.8 Å². The highest BCUT2D eigenvalue weighted by Gasteiger charge is 2.10. The number of carbonyl (C=O) groups excluding carboxylic acids is 3. The molecule has 0 aromatic heterocycles. The standard InChI is InChI=1S/C18H17FN2O4/c1-25-17(23)11-20-18(24)12-6-8-14(9-7-12)21-16(22)10-13-4-2-3-5-15(13)19/h2-9H,10-11H2,1H3,(H,20,24)(H,21,22). The zero-order valence-corrected chi connectivity index (χ0v) is 13.5. The molecule has 0 radical (unpaired) electrons. The molecule has 2 N–H and O–H groups in total. The fourth-order valence-electron chi connectivity index (χ4n) is 2.05. The Morgan fingerprint density at radius 1 is 1.04 bits per heavy atom. The molecule has 2 amide bonds. The van der Waals surface area contributed by atoms with Gasteiger partial charge in [0.1, 0.15) is 12.4 Å². The average molecular weight is 344 g/mol. The van der Waals surface area contributed by atoms with Gasteiger partial charge in [-0.3, -0.25) is 14.4 Å². The molecular formula is C18H17FN2O4. The molecule has 0 atom stereocenters. The van der Waals surface area contributed by atoms with Crippen molar-refractivity contribution >= 4 is 23.5 Å². The molecule has 0 heterocycles. The highest BCUT2D eigenvalue weighted by molar-refractivity contribution is 5.97. The first-order valence-electron chi connectivity index (χ1n) is 7.48. The van der Waals surface area contributed by atoms with Crippen LogP contribution in [0.1, 0.15) is 15.9 Å². The third-order valence-electron chi connectivity index (χ3n) is 3.36. The van der Waals surface area contributed by atoms with Crippen LogP contribution in [0.4, 0.5) is 10.1 Å². The highest BCUT2D eigenvalue weighted by Crippen LogP contribution is 2.12. The Kier molecular flexibility index (Phi) is 6.22. The molecule has 0 fully saturated rings. The fraction of sp³-hybridized carbons (Fsp3) is 0.167. The minimum absolute atomic E-state index is 0.0892. The molecule has 0 saturated heterocycles. The average Bonchev–Trinajstić information content (AvgIpc) is 2.62. The lowest BCUT2D eigenvalue weighted by atomic mass is 10.1. The maximum absolute atomic E-state index is 13.5. The van der Waals surface area contributed by atoms with Crippen LogP contribution in [0.3, 0.4) is 0 Å². The first-order chi connectivity index (χ1) is 12.0. The molecule has 2 rings (SSSR count). The number of methoxy groups -OCH3 is 1. The molecule has 2 aromatic rings. The van der Waals surface area contributed by atoms with Crippen LogP contribution in [0.5, 0.6) is 0 Å². The van der Waals surface area contributed by atoms with Crippen molar-refractivity contribution in [3.8, 4) is 0 Å². The second-order valence-corrected chi connectivity index (χ2v) is 5.15. The third-order valence-corrected chi connectivity index (χ3v) is 3.36. The van der Waals surface area contributed by atoms with Gasteiger partial charge >= 0.3 is 5.97 Å². The number of halogens is 1. The number of ether oxygens (including phenoxy) is 1. The van der Waals surface area contributed by atoms with E-state index in [1.807, 2.05) is 0 Å². The minimum Gasteiger partial charge on any atom is -0.468 e. The molecule has 0 bridgehead atoms. The summed E-state index contributed by atoms with van der Waals surface area (Å²) in [6.45, 7) is -0.226. The van der Waals surface area contributed by atoms with E-state index in [0.717, 1.165) is 0 Å². The quantitative estimate of drug-likeness (QED) is 0.784. The summed E-state index contributed by atoms with van der Waals surface area (Å²) in [5.74, 6) is -1.79. The third kappa shape index (κ3) is 5.42. The summed E-state index contributed by atoms with van der Waals surface area (Å²) >= 11 is 0. The summed E-state index contributed by atoms with van der Waals surface area (Å²) < 4.78 is 18.0. The molecule has 0 aliphatic rings. The van der Waals surface area contributed by atoms with Gasteiger partial charge in [-0.1, -0.05) is 18.2 Å². The van der Waals surface area contributed by atoms with Crippen LogP contribution in [-0.4, -0.2) is 31.4 Å². The molecule has 7 heteroatoms. The Balaban J connectivity index is 1.91. The Morgan fingerprint density at radius 3 is 2.36 bits per heavy atom. The molecule has 0 saturated carbocycles. The molecule has 130 valence electrons. The number of benzene rings is 2. The number of anilines is 1. The summed E-state index contributed by atoms with van der Waals surface area (Å²) in [7, 11) is 1.23. The van der Waals surface area contributed by atoms with Crippen molar-refractivity contribution in [1.82, 2.24) is 5.32 Å². The lowest BCUT2D eigenvalue weighted by Gasteiger charge is -2.08. The number of carbonyl (C=O) groups is 3. The molecule has 0 aliphatic carbocycles. The Hall–Kier alpha value is -3.22. The lowest BCUT2D eigenvalue weighted by Crippen LogP contribution is -2.30. The van der Waals surface area contributed by atoms with Crippen molar-refractivity contribution in [1.29, 1.82) is 0 Å². The van der Waals surface area contributed by atoms with Crippen LogP contribution in [0.25, 0.3) is 0 Å². The van der Waals surface area contributed by atoms with E-state index in [2.05, 4.69) is 15.4 Å². The number of amides is 2. The summed E-state index contributed by atoms with van der Waals surface area (Å²) in [5.41, 5.74) is 1.11. The normalized spacial score (nSPS) is 10.0. The molecular weight excluding hydrogens is 327 g/mol. The van der Waals surface area contributed by atoms with Crippen LogP contribution >= 0.6 is 0 Å². The molecule has 0 aliphatic heterocycles. The van der Waals surface area contributed by atoms with E-state index in [-0.39, 0.29) is 18.9 Å². The van der Waals surface area contributed by atoms with Crippen molar-refractivity contribution in [2.75, 3.05) is 19.0 Å². The predicted octanol–water partition coefficient (Wildman–Crippen LogP) is 1.91. The number of hydrogen-bond acceptors (Lipinski definition) is 4. The Bertz CT molecular complexity index is 775. The van der Waals surface area contributed by atoms with E-state index in [1.165, 1.54) is 25.3 Å². The SMILES string of the molecule is COC(=O)CNC(=O)c1ccc(NC(=O)Cc2ccccc2F)cc1.